The maximum atomic E-state index is 12.3. The van der Waals surface area contributed by atoms with Crippen LogP contribution in [0.3, 0.4) is 0 Å². The largest absolute Gasteiger partial charge is 0.322 e. The average Bonchev–Trinajstić information content (AvgIpc) is 2.77. The van der Waals surface area contributed by atoms with Crippen LogP contribution in [0.1, 0.15) is 10.4 Å². The van der Waals surface area contributed by atoms with Crippen molar-refractivity contribution in [1.29, 1.82) is 0 Å². The highest BCUT2D eigenvalue weighted by Crippen LogP contribution is 2.21. The number of nitrogens with one attached hydrogen (secondary N) is 2. The van der Waals surface area contributed by atoms with E-state index in [9.17, 15) is 9.59 Å². The van der Waals surface area contributed by atoms with Crippen LogP contribution in [0.2, 0.25) is 5.02 Å². The van der Waals surface area contributed by atoms with Crippen LogP contribution in [-0.4, -0.2) is 21.6 Å². The second-order valence-electron chi connectivity index (χ2n) is 4.19. The number of carbonyl (C=O) groups excluding carboxylic acids is 2. The van der Waals surface area contributed by atoms with Crippen molar-refractivity contribution in [3.8, 4) is 0 Å². The van der Waals surface area contributed by atoms with Gasteiger partial charge in [0.1, 0.15) is 5.02 Å². The van der Waals surface area contributed by atoms with Crippen LogP contribution in [0.25, 0.3) is 0 Å². The van der Waals surface area contributed by atoms with E-state index in [-0.39, 0.29) is 5.82 Å². The number of carbonyl (C=O) groups is 2. The second kappa shape index (κ2) is 6.23. The highest BCUT2D eigenvalue weighted by Gasteiger charge is 2.15. The SMILES string of the molecule is C=CC(=O)Nc1ccccc1C(=O)Nc1nn(C)cc1Cl. The summed E-state index contributed by atoms with van der Waals surface area (Å²) in [6.45, 7) is 3.37. The summed E-state index contributed by atoms with van der Waals surface area (Å²) in [7, 11) is 1.69. The van der Waals surface area contributed by atoms with E-state index >= 15 is 0 Å². The molecule has 2 amide bonds. The molecule has 21 heavy (non-hydrogen) atoms. The molecule has 2 N–H and O–H groups in total. The van der Waals surface area contributed by atoms with Gasteiger partial charge in [-0.15, -0.1) is 0 Å². The summed E-state index contributed by atoms with van der Waals surface area (Å²) < 4.78 is 1.49. The molecule has 0 fully saturated rings. The zero-order valence-electron chi connectivity index (χ0n) is 11.3. The Morgan fingerprint density at radius 1 is 1.33 bits per heavy atom. The van der Waals surface area contributed by atoms with E-state index < -0.39 is 11.8 Å². The third-order valence-electron chi connectivity index (χ3n) is 2.63. The van der Waals surface area contributed by atoms with Gasteiger partial charge < -0.3 is 10.6 Å². The quantitative estimate of drug-likeness (QED) is 0.852. The molecule has 0 aliphatic rings. The number of hydrogen-bond acceptors (Lipinski definition) is 3. The van der Waals surface area contributed by atoms with Crippen molar-refractivity contribution in [3.63, 3.8) is 0 Å². The number of rotatable bonds is 4. The first kappa shape index (κ1) is 14.8. The molecule has 0 spiro atoms. The highest BCUT2D eigenvalue weighted by atomic mass is 35.5. The van der Waals surface area contributed by atoms with Gasteiger partial charge in [0.25, 0.3) is 5.91 Å². The first-order valence-corrected chi connectivity index (χ1v) is 6.42. The number of para-hydroxylation sites is 1. The number of hydrogen-bond donors (Lipinski definition) is 2. The molecule has 1 heterocycles. The minimum Gasteiger partial charge on any atom is -0.322 e. The van der Waals surface area contributed by atoms with Crippen LogP contribution in [0, 0.1) is 0 Å². The molecule has 7 heteroatoms. The van der Waals surface area contributed by atoms with Crippen LogP contribution in [0.5, 0.6) is 0 Å². The van der Waals surface area contributed by atoms with E-state index in [2.05, 4.69) is 22.3 Å². The van der Waals surface area contributed by atoms with Crippen molar-refractivity contribution >= 4 is 34.9 Å². The summed E-state index contributed by atoms with van der Waals surface area (Å²) in [5.41, 5.74) is 0.682. The third-order valence-corrected chi connectivity index (χ3v) is 2.91. The Morgan fingerprint density at radius 3 is 2.67 bits per heavy atom. The van der Waals surface area contributed by atoms with E-state index in [1.807, 2.05) is 0 Å². The van der Waals surface area contributed by atoms with Crippen LogP contribution in [0.4, 0.5) is 11.5 Å². The minimum atomic E-state index is -0.421. The standard InChI is InChI=1S/C14H13ClN4O2/c1-3-12(20)16-11-7-5-4-6-9(11)14(21)17-13-10(15)8-19(2)18-13/h3-8H,1H2,2H3,(H,16,20)(H,17,18,21). The summed E-state index contributed by atoms with van der Waals surface area (Å²) >= 11 is 5.94. The van der Waals surface area contributed by atoms with Gasteiger partial charge >= 0.3 is 0 Å². The summed E-state index contributed by atoms with van der Waals surface area (Å²) in [6, 6.07) is 6.61. The fourth-order valence-electron chi connectivity index (χ4n) is 1.69. The van der Waals surface area contributed by atoms with Gasteiger partial charge in [0.2, 0.25) is 5.91 Å². The Balaban J connectivity index is 2.25. The fraction of sp³-hybridized carbons (Fsp3) is 0.0714. The molecule has 108 valence electrons. The van der Waals surface area contributed by atoms with Gasteiger partial charge in [-0.1, -0.05) is 30.3 Å². The lowest BCUT2D eigenvalue weighted by atomic mass is 10.1. The number of nitrogens with zero attached hydrogens (tertiary/aromatic N) is 2. The second-order valence-corrected chi connectivity index (χ2v) is 4.60. The predicted octanol–water partition coefficient (Wildman–Crippen LogP) is 2.45. The molecule has 0 saturated heterocycles. The zero-order valence-corrected chi connectivity index (χ0v) is 12.0. The lowest BCUT2D eigenvalue weighted by molar-refractivity contribution is -0.111. The molecule has 0 saturated carbocycles. The number of benzene rings is 1. The molecule has 2 aromatic rings. The number of aryl methyl sites for hydroxylation is 1. The van der Waals surface area contributed by atoms with E-state index in [1.165, 1.54) is 4.68 Å². The van der Waals surface area contributed by atoms with E-state index in [4.69, 9.17) is 11.6 Å². The molecular weight excluding hydrogens is 292 g/mol. The first-order valence-electron chi connectivity index (χ1n) is 6.04. The smallest absolute Gasteiger partial charge is 0.259 e. The Morgan fingerprint density at radius 2 is 2.05 bits per heavy atom. The number of aromatic nitrogens is 2. The lowest BCUT2D eigenvalue weighted by Crippen LogP contribution is -2.17. The molecule has 0 atom stereocenters. The molecule has 0 bridgehead atoms. The van der Waals surface area contributed by atoms with Gasteiger partial charge in [-0.3, -0.25) is 14.3 Å². The zero-order chi connectivity index (χ0) is 15.4. The van der Waals surface area contributed by atoms with Crippen molar-refractivity contribution in [2.24, 2.45) is 7.05 Å². The van der Waals surface area contributed by atoms with Gasteiger partial charge in [0.15, 0.2) is 5.82 Å². The maximum absolute atomic E-state index is 12.3. The van der Waals surface area contributed by atoms with E-state index in [0.29, 0.717) is 16.3 Å². The summed E-state index contributed by atoms with van der Waals surface area (Å²) in [5, 5.41) is 9.53. The molecule has 1 aromatic carbocycles. The van der Waals surface area contributed by atoms with E-state index in [1.54, 1.807) is 37.5 Å². The highest BCUT2D eigenvalue weighted by molar-refractivity contribution is 6.33. The van der Waals surface area contributed by atoms with Crippen LogP contribution < -0.4 is 10.6 Å². The molecular formula is C14H13ClN4O2. The summed E-state index contributed by atoms with van der Waals surface area (Å²) in [5.74, 6) is -0.560. The minimum absolute atomic E-state index is 0.258. The monoisotopic (exact) mass is 304 g/mol. The summed E-state index contributed by atoms with van der Waals surface area (Å²) in [4.78, 5) is 23.6. The molecule has 1 aromatic heterocycles. The van der Waals surface area contributed by atoms with Gasteiger partial charge in [-0.05, 0) is 18.2 Å². The Kier molecular flexibility index (Phi) is 4.39. The Labute approximate surface area is 126 Å². The topological polar surface area (TPSA) is 76.0 Å². The Hall–Kier alpha value is -2.60. The molecule has 0 aliphatic carbocycles. The number of halogens is 1. The molecule has 6 nitrogen and oxygen atoms in total. The Bertz CT molecular complexity index is 709. The number of amides is 2. The molecule has 0 aliphatic heterocycles. The normalized spacial score (nSPS) is 10.0. The van der Waals surface area contributed by atoms with E-state index in [0.717, 1.165) is 6.08 Å². The average molecular weight is 305 g/mol. The van der Waals surface area contributed by atoms with Crippen molar-refractivity contribution in [2.75, 3.05) is 10.6 Å². The molecule has 0 radical (unpaired) electrons. The van der Waals surface area contributed by atoms with Gasteiger partial charge in [-0.2, -0.15) is 5.10 Å². The van der Waals surface area contributed by atoms with Crippen LogP contribution in [0.15, 0.2) is 43.1 Å². The first-order chi connectivity index (χ1) is 10.0. The molecule has 2 rings (SSSR count). The fourth-order valence-corrected chi connectivity index (χ4v) is 1.92. The number of anilines is 2. The van der Waals surface area contributed by atoms with Gasteiger partial charge in [0, 0.05) is 13.2 Å². The molecule has 0 unspecified atom stereocenters. The summed E-state index contributed by atoms with van der Waals surface area (Å²) in [6.07, 6.45) is 2.70. The van der Waals surface area contributed by atoms with Crippen molar-refractivity contribution < 1.29 is 9.59 Å². The van der Waals surface area contributed by atoms with Gasteiger partial charge in [-0.25, -0.2) is 0 Å². The van der Waals surface area contributed by atoms with Crippen molar-refractivity contribution in [3.05, 3.63) is 53.7 Å². The predicted molar refractivity (Wildman–Crippen MR) is 81.4 cm³/mol. The lowest BCUT2D eigenvalue weighted by Gasteiger charge is -2.09. The van der Waals surface area contributed by atoms with Crippen molar-refractivity contribution in [1.82, 2.24) is 9.78 Å². The third kappa shape index (κ3) is 3.49. The maximum Gasteiger partial charge on any atom is 0.259 e. The van der Waals surface area contributed by atoms with Crippen LogP contribution >= 0.6 is 11.6 Å². The van der Waals surface area contributed by atoms with Gasteiger partial charge in [0.05, 0.1) is 11.3 Å². The van der Waals surface area contributed by atoms with Crippen molar-refractivity contribution in [2.45, 2.75) is 0 Å². The van der Waals surface area contributed by atoms with Crippen LogP contribution in [-0.2, 0) is 11.8 Å².